The second-order valence-corrected chi connectivity index (χ2v) is 5.56. The van der Waals surface area contributed by atoms with Gasteiger partial charge in [-0.1, -0.05) is 0 Å². The van der Waals surface area contributed by atoms with E-state index in [0.717, 1.165) is 24.7 Å². The molecular weight excluding hydrogens is 256 g/mol. The lowest BCUT2D eigenvalue weighted by molar-refractivity contribution is 0.777. The average Bonchev–Trinajstić information content (AvgIpc) is 3.14. The van der Waals surface area contributed by atoms with Crippen LogP contribution in [-0.2, 0) is 6.54 Å². The van der Waals surface area contributed by atoms with Crippen LogP contribution in [0.4, 0.5) is 11.6 Å². The summed E-state index contributed by atoms with van der Waals surface area (Å²) in [7, 11) is 0. The number of rotatable bonds is 6. The highest BCUT2D eigenvalue weighted by Gasteiger charge is 2.30. The topological polar surface area (TPSA) is 41.0 Å². The van der Waals surface area contributed by atoms with Gasteiger partial charge in [0.15, 0.2) is 0 Å². The number of aromatic nitrogens is 2. The van der Waals surface area contributed by atoms with Gasteiger partial charge >= 0.3 is 0 Å². The molecule has 19 heavy (non-hydrogen) atoms. The maximum atomic E-state index is 4.44. The number of thiophene rings is 1. The smallest absolute Gasteiger partial charge is 0.134 e. The van der Waals surface area contributed by atoms with E-state index in [1.54, 1.807) is 17.7 Å². The molecule has 1 aliphatic carbocycles. The van der Waals surface area contributed by atoms with Crippen LogP contribution in [0.1, 0.15) is 25.3 Å². The van der Waals surface area contributed by atoms with Gasteiger partial charge in [-0.3, -0.25) is 0 Å². The predicted octanol–water partition coefficient (Wildman–Crippen LogP) is 3.14. The molecule has 2 heterocycles. The Labute approximate surface area is 117 Å². The first-order chi connectivity index (χ1) is 9.36. The molecule has 100 valence electrons. The SMILES string of the molecule is CCNc1cc(N(Cc2ccsc2)C2CC2)ncn1. The lowest BCUT2D eigenvalue weighted by Gasteiger charge is -2.23. The fourth-order valence-electron chi connectivity index (χ4n) is 2.14. The minimum absolute atomic E-state index is 0.643. The van der Waals surface area contributed by atoms with Gasteiger partial charge in [-0.15, -0.1) is 0 Å². The van der Waals surface area contributed by atoms with E-state index in [9.17, 15) is 0 Å². The van der Waals surface area contributed by atoms with Gasteiger partial charge in [-0.25, -0.2) is 9.97 Å². The van der Waals surface area contributed by atoms with Crippen LogP contribution in [0, 0.1) is 0 Å². The van der Waals surface area contributed by atoms with E-state index in [1.165, 1.54) is 18.4 Å². The van der Waals surface area contributed by atoms with E-state index in [-0.39, 0.29) is 0 Å². The molecule has 0 spiro atoms. The van der Waals surface area contributed by atoms with Crippen molar-refractivity contribution >= 4 is 23.0 Å². The molecule has 4 nitrogen and oxygen atoms in total. The molecule has 1 fully saturated rings. The van der Waals surface area contributed by atoms with Crippen molar-refractivity contribution in [3.63, 3.8) is 0 Å². The molecule has 0 bridgehead atoms. The summed E-state index contributed by atoms with van der Waals surface area (Å²) in [6, 6.07) is 4.88. The minimum Gasteiger partial charge on any atom is -0.370 e. The Bertz CT molecular complexity index is 522. The van der Waals surface area contributed by atoms with Crippen molar-refractivity contribution in [1.82, 2.24) is 9.97 Å². The van der Waals surface area contributed by atoms with Crippen LogP contribution in [0.5, 0.6) is 0 Å². The van der Waals surface area contributed by atoms with Crippen LogP contribution in [0.25, 0.3) is 0 Å². The van der Waals surface area contributed by atoms with Crippen molar-refractivity contribution in [2.24, 2.45) is 0 Å². The van der Waals surface area contributed by atoms with Crippen LogP contribution < -0.4 is 10.2 Å². The summed E-state index contributed by atoms with van der Waals surface area (Å²) in [6.07, 6.45) is 4.19. The van der Waals surface area contributed by atoms with E-state index < -0.39 is 0 Å². The summed E-state index contributed by atoms with van der Waals surface area (Å²) in [5.41, 5.74) is 1.36. The molecule has 1 N–H and O–H groups in total. The summed E-state index contributed by atoms with van der Waals surface area (Å²) in [5.74, 6) is 1.93. The number of hydrogen-bond donors (Lipinski definition) is 1. The predicted molar refractivity (Wildman–Crippen MR) is 79.7 cm³/mol. The van der Waals surface area contributed by atoms with Gasteiger partial charge in [0, 0.05) is 25.2 Å². The molecular formula is C14H18N4S. The molecule has 0 radical (unpaired) electrons. The zero-order valence-corrected chi connectivity index (χ0v) is 11.9. The number of nitrogens with zero attached hydrogens (tertiary/aromatic N) is 3. The van der Waals surface area contributed by atoms with Crippen LogP contribution >= 0.6 is 11.3 Å². The summed E-state index contributed by atoms with van der Waals surface area (Å²) in [5, 5.41) is 7.58. The zero-order chi connectivity index (χ0) is 13.1. The van der Waals surface area contributed by atoms with Crippen LogP contribution in [0.15, 0.2) is 29.2 Å². The molecule has 0 unspecified atom stereocenters. The largest absolute Gasteiger partial charge is 0.370 e. The molecule has 0 aromatic carbocycles. The Morgan fingerprint density at radius 2 is 2.32 bits per heavy atom. The highest BCUT2D eigenvalue weighted by Crippen LogP contribution is 2.32. The third kappa shape index (κ3) is 3.04. The average molecular weight is 274 g/mol. The Balaban J connectivity index is 1.81. The van der Waals surface area contributed by atoms with Crippen LogP contribution in [0.3, 0.4) is 0 Å². The standard InChI is InChI=1S/C14H18N4S/c1-2-15-13-7-14(17-10-16-13)18(12-3-4-12)8-11-5-6-19-9-11/h5-7,9-10,12H,2-4,8H2,1H3,(H,15,16,17). The molecule has 0 amide bonds. The third-order valence-corrected chi connectivity index (χ3v) is 3.96. The highest BCUT2D eigenvalue weighted by molar-refractivity contribution is 7.07. The van der Waals surface area contributed by atoms with E-state index in [4.69, 9.17) is 0 Å². The first-order valence-electron chi connectivity index (χ1n) is 6.70. The van der Waals surface area contributed by atoms with E-state index >= 15 is 0 Å². The van der Waals surface area contributed by atoms with Crippen molar-refractivity contribution in [3.05, 3.63) is 34.8 Å². The molecule has 0 saturated heterocycles. The molecule has 5 heteroatoms. The Morgan fingerprint density at radius 1 is 1.42 bits per heavy atom. The fraction of sp³-hybridized carbons (Fsp3) is 0.429. The maximum absolute atomic E-state index is 4.44. The number of anilines is 2. The lowest BCUT2D eigenvalue weighted by atomic mass is 10.3. The van der Waals surface area contributed by atoms with Crippen molar-refractivity contribution in [1.29, 1.82) is 0 Å². The van der Waals surface area contributed by atoms with Crippen LogP contribution in [0.2, 0.25) is 0 Å². The minimum atomic E-state index is 0.643. The second-order valence-electron chi connectivity index (χ2n) is 4.78. The van der Waals surface area contributed by atoms with Crippen molar-refractivity contribution in [2.45, 2.75) is 32.4 Å². The van der Waals surface area contributed by atoms with Gasteiger partial charge in [-0.05, 0) is 42.2 Å². The van der Waals surface area contributed by atoms with E-state index in [0.29, 0.717) is 6.04 Å². The molecule has 2 aromatic heterocycles. The van der Waals surface area contributed by atoms with Gasteiger partial charge in [0.1, 0.15) is 18.0 Å². The van der Waals surface area contributed by atoms with Crippen LogP contribution in [-0.4, -0.2) is 22.6 Å². The van der Waals surface area contributed by atoms with Gasteiger partial charge in [0.05, 0.1) is 0 Å². The summed E-state index contributed by atoms with van der Waals surface area (Å²) < 4.78 is 0. The fourth-order valence-corrected chi connectivity index (χ4v) is 2.80. The van der Waals surface area contributed by atoms with Gasteiger partial charge in [0.2, 0.25) is 0 Å². The normalized spacial score (nSPS) is 14.4. The summed E-state index contributed by atoms with van der Waals surface area (Å²) in [4.78, 5) is 11.1. The van der Waals surface area contributed by atoms with Crippen molar-refractivity contribution in [2.75, 3.05) is 16.8 Å². The maximum Gasteiger partial charge on any atom is 0.134 e. The van der Waals surface area contributed by atoms with Crippen molar-refractivity contribution in [3.8, 4) is 0 Å². The van der Waals surface area contributed by atoms with E-state index in [2.05, 4.69) is 43.9 Å². The van der Waals surface area contributed by atoms with Gasteiger partial charge < -0.3 is 10.2 Å². The zero-order valence-electron chi connectivity index (χ0n) is 11.0. The number of hydrogen-bond acceptors (Lipinski definition) is 5. The molecule has 1 saturated carbocycles. The number of nitrogens with one attached hydrogen (secondary N) is 1. The Hall–Kier alpha value is -1.62. The molecule has 0 aliphatic heterocycles. The summed E-state index contributed by atoms with van der Waals surface area (Å²) in [6.45, 7) is 3.90. The van der Waals surface area contributed by atoms with Gasteiger partial charge in [-0.2, -0.15) is 11.3 Å². The second kappa shape index (κ2) is 5.57. The Morgan fingerprint density at radius 3 is 3.00 bits per heavy atom. The first-order valence-corrected chi connectivity index (χ1v) is 7.64. The molecule has 0 atom stereocenters. The first kappa shape index (κ1) is 12.4. The van der Waals surface area contributed by atoms with Crippen molar-refractivity contribution < 1.29 is 0 Å². The monoisotopic (exact) mass is 274 g/mol. The molecule has 1 aliphatic rings. The Kier molecular flexibility index (Phi) is 3.64. The highest BCUT2D eigenvalue weighted by atomic mass is 32.1. The van der Waals surface area contributed by atoms with E-state index in [1.807, 2.05) is 6.07 Å². The molecule has 3 rings (SSSR count). The third-order valence-electron chi connectivity index (χ3n) is 3.23. The lowest BCUT2D eigenvalue weighted by Crippen LogP contribution is -2.26. The van der Waals surface area contributed by atoms with Gasteiger partial charge in [0.25, 0.3) is 0 Å². The quantitative estimate of drug-likeness (QED) is 0.878. The molecule has 2 aromatic rings. The summed E-state index contributed by atoms with van der Waals surface area (Å²) >= 11 is 1.75.